The predicted octanol–water partition coefficient (Wildman–Crippen LogP) is 2.40. The monoisotopic (exact) mass is 265 g/mol. The SMILES string of the molecule is COC(=O)C(C)=CCOc1cc(C)ccc1[N+](=O)[O-]. The third kappa shape index (κ3) is 4.09. The van der Waals surface area contributed by atoms with Gasteiger partial charge in [-0.2, -0.15) is 0 Å². The van der Waals surface area contributed by atoms with Gasteiger partial charge in [-0.3, -0.25) is 10.1 Å². The number of carbonyl (C=O) groups excluding carboxylic acids is 1. The van der Waals surface area contributed by atoms with Crippen LogP contribution in [0.15, 0.2) is 29.8 Å². The summed E-state index contributed by atoms with van der Waals surface area (Å²) in [7, 11) is 1.28. The van der Waals surface area contributed by atoms with Crippen LogP contribution < -0.4 is 4.74 Å². The number of hydrogen-bond donors (Lipinski definition) is 0. The lowest BCUT2D eigenvalue weighted by molar-refractivity contribution is -0.385. The molecule has 0 aromatic heterocycles. The maximum absolute atomic E-state index is 11.1. The van der Waals surface area contributed by atoms with Gasteiger partial charge in [0, 0.05) is 11.6 Å². The highest BCUT2D eigenvalue weighted by Gasteiger charge is 2.14. The van der Waals surface area contributed by atoms with E-state index in [1.165, 1.54) is 19.3 Å². The first kappa shape index (κ1) is 14.7. The molecule has 0 aliphatic heterocycles. The fourth-order valence-corrected chi connectivity index (χ4v) is 1.39. The molecular weight excluding hydrogens is 250 g/mol. The fraction of sp³-hybridized carbons (Fsp3) is 0.308. The van der Waals surface area contributed by atoms with Gasteiger partial charge >= 0.3 is 11.7 Å². The Morgan fingerprint density at radius 2 is 2.16 bits per heavy atom. The zero-order valence-electron chi connectivity index (χ0n) is 11.0. The van der Waals surface area contributed by atoms with Gasteiger partial charge in [-0.25, -0.2) is 4.79 Å². The second kappa shape index (κ2) is 6.53. The van der Waals surface area contributed by atoms with E-state index < -0.39 is 10.9 Å². The molecule has 0 amide bonds. The van der Waals surface area contributed by atoms with Gasteiger partial charge in [0.05, 0.1) is 12.0 Å². The number of hydrogen-bond acceptors (Lipinski definition) is 5. The standard InChI is InChI=1S/C13H15NO5/c1-9-4-5-11(14(16)17)12(8-9)19-7-6-10(2)13(15)18-3/h4-6,8H,7H2,1-3H3. The Balaban J connectivity index is 2.80. The van der Waals surface area contributed by atoms with Gasteiger partial charge in [-0.05, 0) is 31.6 Å². The Hall–Kier alpha value is -2.37. The van der Waals surface area contributed by atoms with Gasteiger partial charge < -0.3 is 9.47 Å². The van der Waals surface area contributed by atoms with Crippen LogP contribution in [-0.4, -0.2) is 24.6 Å². The summed E-state index contributed by atoms with van der Waals surface area (Å²) in [6.45, 7) is 3.46. The van der Waals surface area contributed by atoms with Crippen molar-refractivity contribution in [3.63, 3.8) is 0 Å². The van der Waals surface area contributed by atoms with Gasteiger partial charge in [-0.15, -0.1) is 0 Å². The van der Waals surface area contributed by atoms with Crippen LogP contribution in [0.5, 0.6) is 5.75 Å². The van der Waals surface area contributed by atoms with Crippen molar-refractivity contribution in [2.75, 3.05) is 13.7 Å². The molecule has 0 heterocycles. The summed E-state index contributed by atoms with van der Waals surface area (Å²) >= 11 is 0. The zero-order chi connectivity index (χ0) is 14.4. The van der Waals surface area contributed by atoms with Crippen LogP contribution in [0, 0.1) is 17.0 Å². The van der Waals surface area contributed by atoms with E-state index in [2.05, 4.69) is 4.74 Å². The second-order valence-electron chi connectivity index (χ2n) is 3.92. The summed E-state index contributed by atoms with van der Waals surface area (Å²) in [5, 5.41) is 10.8. The van der Waals surface area contributed by atoms with Crippen molar-refractivity contribution >= 4 is 11.7 Å². The molecule has 102 valence electrons. The second-order valence-corrected chi connectivity index (χ2v) is 3.92. The van der Waals surface area contributed by atoms with Crippen LogP contribution in [0.25, 0.3) is 0 Å². The van der Waals surface area contributed by atoms with Crippen molar-refractivity contribution in [1.29, 1.82) is 0 Å². The summed E-state index contributed by atoms with van der Waals surface area (Å²) in [5.74, 6) is -0.277. The van der Waals surface area contributed by atoms with E-state index in [1.54, 1.807) is 19.1 Å². The zero-order valence-corrected chi connectivity index (χ0v) is 11.0. The van der Waals surface area contributed by atoms with E-state index in [-0.39, 0.29) is 18.0 Å². The number of aryl methyl sites for hydroxylation is 1. The van der Waals surface area contributed by atoms with Crippen molar-refractivity contribution in [3.05, 3.63) is 45.5 Å². The first-order valence-corrected chi connectivity index (χ1v) is 5.58. The molecule has 0 unspecified atom stereocenters. The molecule has 0 radical (unpaired) electrons. The van der Waals surface area contributed by atoms with E-state index in [4.69, 9.17) is 4.74 Å². The van der Waals surface area contributed by atoms with Crippen LogP contribution in [-0.2, 0) is 9.53 Å². The average molecular weight is 265 g/mol. The largest absolute Gasteiger partial charge is 0.483 e. The van der Waals surface area contributed by atoms with Crippen LogP contribution in [0.1, 0.15) is 12.5 Å². The van der Waals surface area contributed by atoms with Crippen molar-refractivity contribution in [1.82, 2.24) is 0 Å². The number of benzene rings is 1. The van der Waals surface area contributed by atoms with Crippen LogP contribution in [0.3, 0.4) is 0 Å². The summed E-state index contributed by atoms with van der Waals surface area (Å²) in [4.78, 5) is 21.4. The fourth-order valence-electron chi connectivity index (χ4n) is 1.39. The minimum absolute atomic E-state index is 0.0607. The Bertz CT molecular complexity index is 522. The number of esters is 1. The van der Waals surface area contributed by atoms with Gasteiger partial charge in [-0.1, -0.05) is 6.07 Å². The van der Waals surface area contributed by atoms with Crippen LogP contribution in [0.2, 0.25) is 0 Å². The van der Waals surface area contributed by atoms with Crippen molar-refractivity contribution in [3.8, 4) is 5.75 Å². The van der Waals surface area contributed by atoms with Crippen molar-refractivity contribution < 1.29 is 19.2 Å². The van der Waals surface area contributed by atoms with E-state index in [1.807, 2.05) is 6.92 Å². The first-order valence-electron chi connectivity index (χ1n) is 5.58. The average Bonchev–Trinajstić information content (AvgIpc) is 2.37. The Morgan fingerprint density at radius 3 is 2.74 bits per heavy atom. The number of ether oxygens (including phenoxy) is 2. The number of rotatable bonds is 5. The summed E-state index contributed by atoms with van der Waals surface area (Å²) in [6.07, 6.45) is 1.51. The summed E-state index contributed by atoms with van der Waals surface area (Å²) in [6, 6.07) is 4.61. The maximum atomic E-state index is 11.1. The lowest BCUT2D eigenvalue weighted by atomic mass is 10.2. The predicted molar refractivity (Wildman–Crippen MR) is 69.1 cm³/mol. The maximum Gasteiger partial charge on any atom is 0.333 e. The number of nitrogens with zero attached hydrogens (tertiary/aromatic N) is 1. The van der Waals surface area contributed by atoms with Gasteiger partial charge in [0.2, 0.25) is 0 Å². The molecule has 0 saturated carbocycles. The Labute approximate surface area is 110 Å². The lowest BCUT2D eigenvalue weighted by Crippen LogP contribution is -2.04. The number of methoxy groups -OCH3 is 1. The minimum atomic E-state index is -0.508. The summed E-state index contributed by atoms with van der Waals surface area (Å²) < 4.78 is 9.84. The molecule has 0 N–H and O–H groups in total. The third-order valence-corrected chi connectivity index (χ3v) is 2.45. The molecule has 6 nitrogen and oxygen atoms in total. The van der Waals surface area contributed by atoms with Gasteiger partial charge in [0.25, 0.3) is 0 Å². The van der Waals surface area contributed by atoms with E-state index in [0.29, 0.717) is 5.57 Å². The molecule has 0 bridgehead atoms. The molecule has 1 aromatic rings. The molecule has 0 aliphatic carbocycles. The molecule has 0 aliphatic rings. The Kier molecular flexibility index (Phi) is 5.05. The van der Waals surface area contributed by atoms with Crippen LogP contribution in [0.4, 0.5) is 5.69 Å². The van der Waals surface area contributed by atoms with E-state index in [0.717, 1.165) is 5.56 Å². The van der Waals surface area contributed by atoms with Crippen molar-refractivity contribution in [2.45, 2.75) is 13.8 Å². The molecular formula is C13H15NO5. The smallest absolute Gasteiger partial charge is 0.333 e. The summed E-state index contributed by atoms with van der Waals surface area (Å²) in [5.41, 5.74) is 1.14. The molecule has 1 rings (SSSR count). The van der Waals surface area contributed by atoms with Gasteiger partial charge in [0.15, 0.2) is 5.75 Å². The molecule has 0 fully saturated rings. The van der Waals surface area contributed by atoms with E-state index in [9.17, 15) is 14.9 Å². The normalized spacial score (nSPS) is 11.0. The lowest BCUT2D eigenvalue weighted by Gasteiger charge is -2.06. The first-order chi connectivity index (χ1) is 8.95. The molecule has 1 aromatic carbocycles. The molecule has 6 heteroatoms. The number of nitro groups is 1. The minimum Gasteiger partial charge on any atom is -0.483 e. The number of carbonyl (C=O) groups is 1. The highest BCUT2D eigenvalue weighted by Crippen LogP contribution is 2.27. The van der Waals surface area contributed by atoms with Crippen LogP contribution >= 0.6 is 0 Å². The topological polar surface area (TPSA) is 78.7 Å². The molecule has 19 heavy (non-hydrogen) atoms. The Morgan fingerprint density at radius 1 is 1.47 bits per heavy atom. The molecule has 0 spiro atoms. The molecule has 0 atom stereocenters. The molecule has 0 saturated heterocycles. The number of nitro benzene ring substituents is 1. The quantitative estimate of drug-likeness (QED) is 0.353. The van der Waals surface area contributed by atoms with Crippen molar-refractivity contribution in [2.24, 2.45) is 0 Å². The van der Waals surface area contributed by atoms with E-state index >= 15 is 0 Å². The van der Waals surface area contributed by atoms with Gasteiger partial charge in [0.1, 0.15) is 6.61 Å². The third-order valence-electron chi connectivity index (χ3n) is 2.45. The highest BCUT2D eigenvalue weighted by atomic mass is 16.6. The highest BCUT2D eigenvalue weighted by molar-refractivity contribution is 5.87.